The van der Waals surface area contributed by atoms with Gasteiger partial charge in [-0.25, -0.2) is 0 Å². The zero-order valence-corrected chi connectivity index (χ0v) is 21.0. The molecule has 5 heteroatoms. The van der Waals surface area contributed by atoms with Gasteiger partial charge in [0.05, 0.1) is 23.7 Å². The van der Waals surface area contributed by atoms with Crippen LogP contribution in [0.25, 0.3) is 0 Å². The molecule has 0 aliphatic heterocycles. The van der Waals surface area contributed by atoms with E-state index in [1.807, 2.05) is 0 Å². The number of aliphatic hydroxyl groups excluding tert-OH is 3. The second kappa shape index (κ2) is 9.07. The van der Waals surface area contributed by atoms with Crippen LogP contribution in [0.15, 0.2) is 47.6 Å². The Morgan fingerprint density at radius 3 is 2.53 bits per heavy atom. The third kappa shape index (κ3) is 4.47. The van der Waals surface area contributed by atoms with Gasteiger partial charge < -0.3 is 20.4 Å². The Morgan fingerprint density at radius 2 is 1.88 bits per heavy atom. The average molecular weight is 471 g/mol. The van der Waals surface area contributed by atoms with Crippen molar-refractivity contribution in [1.29, 1.82) is 0 Å². The van der Waals surface area contributed by atoms with E-state index in [1.54, 1.807) is 19.9 Å². The topological polar surface area (TPSA) is 98.0 Å². The van der Waals surface area contributed by atoms with Gasteiger partial charge in [-0.05, 0) is 99.0 Å². The van der Waals surface area contributed by atoms with E-state index in [9.17, 15) is 25.2 Å². The van der Waals surface area contributed by atoms with Crippen LogP contribution in [0.3, 0.4) is 0 Å². The summed E-state index contributed by atoms with van der Waals surface area (Å²) in [5.74, 6) is 0.0614. The van der Waals surface area contributed by atoms with Crippen molar-refractivity contribution in [2.45, 2.75) is 96.9 Å². The summed E-state index contributed by atoms with van der Waals surface area (Å²) in [5, 5.41) is 40.2. The van der Waals surface area contributed by atoms with Crippen LogP contribution in [0.4, 0.5) is 0 Å². The fraction of sp³-hybridized carbons (Fsp3) is 0.690. The number of fused-ring (bicyclic) bond motifs is 1. The lowest BCUT2D eigenvalue weighted by atomic mass is 9.60. The molecule has 0 aromatic carbocycles. The predicted octanol–water partition coefficient (Wildman–Crippen LogP) is 4.94. The van der Waals surface area contributed by atoms with Crippen molar-refractivity contribution in [2.24, 2.45) is 28.1 Å². The SMILES string of the molecule is C=C1/C(=C\C=C2/CCC[C@]3(C)[C@@H](C4(/C=C/[C@@H](O)C(C)(C)C(=O)O)CC4)CC[C@@H]23)C[C@@H](O)C[C@@H]1O. The van der Waals surface area contributed by atoms with Crippen LogP contribution in [-0.2, 0) is 4.79 Å². The Hall–Kier alpha value is -1.69. The molecule has 0 radical (unpaired) electrons. The monoisotopic (exact) mass is 470 g/mol. The smallest absolute Gasteiger partial charge is 0.312 e. The molecule has 0 bridgehead atoms. The van der Waals surface area contributed by atoms with Crippen LogP contribution < -0.4 is 0 Å². The molecule has 188 valence electrons. The van der Waals surface area contributed by atoms with Gasteiger partial charge >= 0.3 is 5.97 Å². The number of carboxylic acid groups (broad SMARTS) is 1. The third-order valence-electron chi connectivity index (χ3n) is 9.65. The van der Waals surface area contributed by atoms with Crippen LogP contribution in [0.5, 0.6) is 0 Å². The number of allylic oxidation sites excluding steroid dienone is 4. The minimum absolute atomic E-state index is 0.0753. The molecule has 4 aliphatic rings. The van der Waals surface area contributed by atoms with Crippen LogP contribution in [-0.4, -0.2) is 44.7 Å². The quantitative estimate of drug-likeness (QED) is 0.413. The molecular weight excluding hydrogens is 428 g/mol. The third-order valence-corrected chi connectivity index (χ3v) is 9.65. The molecule has 4 rings (SSSR count). The first kappa shape index (κ1) is 25.4. The average Bonchev–Trinajstić information content (AvgIpc) is 3.46. The van der Waals surface area contributed by atoms with Gasteiger partial charge in [0.1, 0.15) is 0 Å². The standard InChI is InChI=1S/C29H42O5/c1-18-20(16-21(30)17-23(18)31)8-7-19-6-5-12-28(4)22(19)9-10-24(28)29(14-15-29)13-11-25(32)27(2,3)26(33)34/h7-8,11,13,21-25,30-32H,1,5-6,9-10,12,14-17H2,2-4H3,(H,33,34)/b13-11+,19-7+,20-8-/t21-,22+,23+,24+,25-,28+/m1/s1. The Balaban J connectivity index is 1.53. The van der Waals surface area contributed by atoms with Gasteiger partial charge in [0, 0.05) is 6.42 Å². The molecular formula is C29H42O5. The fourth-order valence-electron chi connectivity index (χ4n) is 7.07. The first-order chi connectivity index (χ1) is 15.9. The zero-order chi connectivity index (χ0) is 24.9. The van der Waals surface area contributed by atoms with E-state index in [0.717, 1.165) is 49.7 Å². The highest BCUT2D eigenvalue weighted by molar-refractivity contribution is 5.74. The van der Waals surface area contributed by atoms with E-state index in [-0.39, 0.29) is 10.8 Å². The summed E-state index contributed by atoms with van der Waals surface area (Å²) in [6, 6.07) is 0. The second-order valence-electron chi connectivity index (χ2n) is 12.2. The van der Waals surface area contributed by atoms with E-state index < -0.39 is 29.7 Å². The lowest BCUT2D eigenvalue weighted by Gasteiger charge is -2.45. The first-order valence-electron chi connectivity index (χ1n) is 13.0. The lowest BCUT2D eigenvalue weighted by molar-refractivity contribution is -0.151. The van der Waals surface area contributed by atoms with Gasteiger partial charge in [0.25, 0.3) is 0 Å². The van der Waals surface area contributed by atoms with Gasteiger partial charge in [0.2, 0.25) is 0 Å². The van der Waals surface area contributed by atoms with Gasteiger partial charge in [-0.3, -0.25) is 4.79 Å². The van der Waals surface area contributed by atoms with Crippen molar-refractivity contribution in [1.82, 2.24) is 0 Å². The van der Waals surface area contributed by atoms with Crippen molar-refractivity contribution in [2.75, 3.05) is 0 Å². The molecule has 5 nitrogen and oxygen atoms in total. The van der Waals surface area contributed by atoms with E-state index in [2.05, 4.69) is 31.7 Å². The molecule has 0 aromatic rings. The minimum atomic E-state index is -1.20. The number of aliphatic hydroxyl groups is 3. The Bertz CT molecular complexity index is 921. The molecule has 4 N–H and O–H groups in total. The first-order valence-corrected chi connectivity index (χ1v) is 13.0. The molecule has 0 aromatic heterocycles. The zero-order valence-electron chi connectivity index (χ0n) is 21.0. The Labute approximate surface area is 204 Å². The molecule has 0 unspecified atom stereocenters. The number of aliphatic carboxylic acids is 1. The van der Waals surface area contributed by atoms with Gasteiger partial charge in [-0.1, -0.05) is 43.4 Å². The Morgan fingerprint density at radius 1 is 1.18 bits per heavy atom. The molecule has 4 fully saturated rings. The van der Waals surface area contributed by atoms with Gasteiger partial charge in [-0.15, -0.1) is 0 Å². The van der Waals surface area contributed by atoms with Crippen molar-refractivity contribution < 1.29 is 25.2 Å². The molecule has 34 heavy (non-hydrogen) atoms. The van der Waals surface area contributed by atoms with E-state index in [1.165, 1.54) is 12.0 Å². The molecule has 0 spiro atoms. The number of hydrogen-bond donors (Lipinski definition) is 4. The van der Waals surface area contributed by atoms with Crippen molar-refractivity contribution in [3.05, 3.63) is 47.6 Å². The van der Waals surface area contributed by atoms with Crippen molar-refractivity contribution >= 4 is 5.97 Å². The summed E-state index contributed by atoms with van der Waals surface area (Å²) in [6.07, 6.45) is 14.9. The molecule has 0 heterocycles. The van der Waals surface area contributed by atoms with E-state index in [0.29, 0.717) is 24.7 Å². The maximum Gasteiger partial charge on any atom is 0.312 e. The molecule has 6 atom stereocenters. The summed E-state index contributed by atoms with van der Waals surface area (Å²) in [4.78, 5) is 11.5. The summed E-state index contributed by atoms with van der Waals surface area (Å²) in [5.41, 5.74) is 2.23. The predicted molar refractivity (Wildman–Crippen MR) is 133 cm³/mol. The highest BCUT2D eigenvalue weighted by Crippen LogP contribution is 2.69. The summed E-state index contributed by atoms with van der Waals surface area (Å²) >= 11 is 0. The van der Waals surface area contributed by atoms with E-state index >= 15 is 0 Å². The largest absolute Gasteiger partial charge is 0.481 e. The second-order valence-corrected chi connectivity index (χ2v) is 12.2. The van der Waals surface area contributed by atoms with Gasteiger partial charge in [0.15, 0.2) is 0 Å². The van der Waals surface area contributed by atoms with Crippen molar-refractivity contribution in [3.8, 4) is 0 Å². The number of rotatable bonds is 6. The molecule has 0 amide bonds. The van der Waals surface area contributed by atoms with Crippen LogP contribution in [0.2, 0.25) is 0 Å². The summed E-state index contributed by atoms with van der Waals surface area (Å²) in [6.45, 7) is 9.63. The fourth-order valence-corrected chi connectivity index (χ4v) is 7.07. The minimum Gasteiger partial charge on any atom is -0.481 e. The maximum absolute atomic E-state index is 11.5. The normalized spacial score (nSPS) is 38.9. The van der Waals surface area contributed by atoms with Gasteiger partial charge in [-0.2, -0.15) is 0 Å². The van der Waals surface area contributed by atoms with E-state index in [4.69, 9.17) is 0 Å². The summed E-state index contributed by atoms with van der Waals surface area (Å²) < 4.78 is 0. The van der Waals surface area contributed by atoms with Crippen LogP contribution in [0.1, 0.15) is 78.6 Å². The molecule has 4 aliphatic carbocycles. The molecule has 4 saturated carbocycles. The van der Waals surface area contributed by atoms with Crippen LogP contribution in [0, 0.1) is 28.1 Å². The summed E-state index contributed by atoms with van der Waals surface area (Å²) in [7, 11) is 0. The maximum atomic E-state index is 11.5. The highest BCUT2D eigenvalue weighted by atomic mass is 16.4. The lowest BCUT2D eigenvalue weighted by Crippen LogP contribution is -2.38. The number of hydrogen-bond acceptors (Lipinski definition) is 4. The van der Waals surface area contributed by atoms with Crippen molar-refractivity contribution in [3.63, 3.8) is 0 Å². The Kier molecular flexibility index (Phi) is 6.78. The molecule has 0 saturated heterocycles. The highest BCUT2D eigenvalue weighted by Gasteiger charge is 2.60. The van der Waals surface area contributed by atoms with Crippen LogP contribution >= 0.6 is 0 Å². The number of carbonyl (C=O) groups is 1. The number of carboxylic acids is 1.